The van der Waals surface area contributed by atoms with Gasteiger partial charge in [-0.1, -0.05) is 6.07 Å². The van der Waals surface area contributed by atoms with E-state index in [1.165, 1.54) is 19.2 Å². The number of ether oxygens (including phenoxy) is 1. The summed E-state index contributed by atoms with van der Waals surface area (Å²) in [5.74, 6) is -6.62. The van der Waals surface area contributed by atoms with E-state index in [1.807, 2.05) is 0 Å². The van der Waals surface area contributed by atoms with Gasteiger partial charge in [-0.15, -0.1) is 0 Å². The Morgan fingerprint density at radius 1 is 1.40 bits per heavy atom. The molecule has 0 aliphatic carbocycles. The third-order valence-corrected chi connectivity index (χ3v) is 4.22. The van der Waals surface area contributed by atoms with Crippen molar-refractivity contribution in [2.24, 2.45) is 5.92 Å². The topological polar surface area (TPSA) is 80.7 Å². The van der Waals surface area contributed by atoms with E-state index in [9.17, 15) is 26.4 Å². The highest BCUT2D eigenvalue weighted by molar-refractivity contribution is 7.91. The lowest BCUT2D eigenvalue weighted by atomic mass is 10.2. The fourth-order valence-corrected chi connectivity index (χ4v) is 2.96. The number of hydrogen-bond donors (Lipinski definition) is 1. The van der Waals surface area contributed by atoms with Crippen LogP contribution in [0.2, 0.25) is 0 Å². The average molecular weight is 312 g/mol. The molecular formula is C11H11F3O5S. The molecule has 1 aromatic rings. The molecular weight excluding hydrogens is 301 g/mol. The molecule has 1 N–H and O–H groups in total. The molecule has 0 aliphatic rings. The average Bonchev–Trinajstić information content (AvgIpc) is 2.34. The number of carboxylic acids is 1. The van der Waals surface area contributed by atoms with E-state index in [1.54, 1.807) is 0 Å². The normalized spacial score (nSPS) is 13.8. The van der Waals surface area contributed by atoms with Crippen LogP contribution in [0.15, 0.2) is 29.2 Å². The van der Waals surface area contributed by atoms with Crippen molar-refractivity contribution in [3.63, 3.8) is 0 Å². The molecule has 0 saturated carbocycles. The van der Waals surface area contributed by atoms with Gasteiger partial charge in [0.05, 0.1) is 17.8 Å². The predicted molar refractivity (Wildman–Crippen MR) is 62.2 cm³/mol. The zero-order valence-corrected chi connectivity index (χ0v) is 11.0. The Labute approximate surface area is 112 Å². The first-order valence-electron chi connectivity index (χ1n) is 5.24. The van der Waals surface area contributed by atoms with Crippen molar-refractivity contribution >= 4 is 15.8 Å². The molecule has 5 nitrogen and oxygen atoms in total. The van der Waals surface area contributed by atoms with E-state index in [0.717, 1.165) is 12.1 Å². The van der Waals surface area contributed by atoms with Gasteiger partial charge in [-0.05, 0) is 18.2 Å². The van der Waals surface area contributed by atoms with Gasteiger partial charge >= 0.3 is 12.1 Å². The number of aliphatic carboxylic acids is 1. The van der Waals surface area contributed by atoms with Gasteiger partial charge in [0, 0.05) is 0 Å². The van der Waals surface area contributed by atoms with Crippen LogP contribution >= 0.6 is 0 Å². The lowest BCUT2D eigenvalue weighted by molar-refractivity contribution is -0.189. The minimum absolute atomic E-state index is 0.143. The molecule has 0 saturated heterocycles. The summed E-state index contributed by atoms with van der Waals surface area (Å²) in [5.41, 5.74) is 0. The Bertz CT molecular complexity index is 594. The summed E-state index contributed by atoms with van der Waals surface area (Å²) >= 11 is 0. The van der Waals surface area contributed by atoms with Gasteiger partial charge in [-0.2, -0.15) is 13.2 Å². The summed E-state index contributed by atoms with van der Waals surface area (Å²) in [4.78, 5) is 10.1. The number of benzene rings is 1. The lowest BCUT2D eigenvalue weighted by Gasteiger charge is -2.16. The summed E-state index contributed by atoms with van der Waals surface area (Å²) in [6, 6.07) is 4.81. The predicted octanol–water partition coefficient (Wildman–Crippen LogP) is 1.73. The van der Waals surface area contributed by atoms with Crippen molar-refractivity contribution < 1.29 is 36.2 Å². The Morgan fingerprint density at radius 2 is 2.00 bits per heavy atom. The second-order valence-electron chi connectivity index (χ2n) is 3.89. The van der Waals surface area contributed by atoms with Gasteiger partial charge in [0.15, 0.2) is 15.8 Å². The number of sulfone groups is 1. The Hall–Kier alpha value is -1.77. The van der Waals surface area contributed by atoms with E-state index in [0.29, 0.717) is 0 Å². The van der Waals surface area contributed by atoms with Crippen LogP contribution in [-0.4, -0.2) is 38.5 Å². The third-order valence-electron chi connectivity index (χ3n) is 2.48. The van der Waals surface area contributed by atoms with Crippen molar-refractivity contribution in [3.05, 3.63) is 24.3 Å². The van der Waals surface area contributed by atoms with Crippen molar-refractivity contribution in [1.29, 1.82) is 0 Å². The second-order valence-corrected chi connectivity index (χ2v) is 5.93. The molecule has 0 fully saturated rings. The van der Waals surface area contributed by atoms with Gasteiger partial charge in [-0.3, -0.25) is 4.79 Å². The fraction of sp³-hybridized carbons (Fsp3) is 0.364. The van der Waals surface area contributed by atoms with Crippen LogP contribution in [-0.2, 0) is 14.6 Å². The van der Waals surface area contributed by atoms with Crippen LogP contribution < -0.4 is 4.74 Å². The molecule has 1 atom stereocenters. The first kappa shape index (κ1) is 16.3. The van der Waals surface area contributed by atoms with Crippen LogP contribution in [0.1, 0.15) is 0 Å². The van der Waals surface area contributed by atoms with E-state index in [4.69, 9.17) is 9.84 Å². The Balaban J connectivity index is 3.13. The summed E-state index contributed by atoms with van der Waals surface area (Å²) in [7, 11) is -3.14. The Kier molecular flexibility index (Phi) is 4.64. The summed E-state index contributed by atoms with van der Waals surface area (Å²) < 4.78 is 65.9. The zero-order valence-electron chi connectivity index (χ0n) is 10.2. The highest BCUT2D eigenvalue weighted by Crippen LogP contribution is 2.30. The smallest absolute Gasteiger partial charge is 0.403 e. The van der Waals surface area contributed by atoms with Crippen molar-refractivity contribution in [3.8, 4) is 5.75 Å². The number of alkyl halides is 3. The number of carbonyl (C=O) groups is 1. The summed E-state index contributed by atoms with van der Waals surface area (Å²) in [6.07, 6.45) is -5.14. The number of methoxy groups -OCH3 is 1. The summed E-state index contributed by atoms with van der Waals surface area (Å²) in [6.45, 7) is 0. The molecule has 1 unspecified atom stereocenters. The number of rotatable bonds is 5. The van der Waals surface area contributed by atoms with Crippen LogP contribution in [0.3, 0.4) is 0 Å². The third kappa shape index (κ3) is 3.86. The van der Waals surface area contributed by atoms with E-state index < -0.39 is 38.5 Å². The number of halogens is 3. The van der Waals surface area contributed by atoms with Crippen molar-refractivity contribution in [2.45, 2.75) is 11.1 Å². The van der Waals surface area contributed by atoms with Crippen LogP contribution in [0.25, 0.3) is 0 Å². The Morgan fingerprint density at radius 3 is 2.45 bits per heavy atom. The van der Waals surface area contributed by atoms with Crippen LogP contribution in [0.5, 0.6) is 5.75 Å². The molecule has 0 radical (unpaired) electrons. The second kappa shape index (κ2) is 5.70. The molecule has 112 valence electrons. The molecule has 0 aliphatic heterocycles. The molecule has 0 aromatic heterocycles. The van der Waals surface area contributed by atoms with E-state index >= 15 is 0 Å². The molecule has 20 heavy (non-hydrogen) atoms. The molecule has 1 rings (SSSR count). The first-order valence-corrected chi connectivity index (χ1v) is 6.89. The monoisotopic (exact) mass is 312 g/mol. The largest absolute Gasteiger partial charge is 0.497 e. The zero-order chi connectivity index (χ0) is 15.6. The fourth-order valence-electron chi connectivity index (χ4n) is 1.42. The van der Waals surface area contributed by atoms with Crippen molar-refractivity contribution in [1.82, 2.24) is 0 Å². The van der Waals surface area contributed by atoms with Gasteiger partial charge < -0.3 is 9.84 Å². The minimum atomic E-state index is -5.14. The molecule has 1 aromatic carbocycles. The minimum Gasteiger partial charge on any atom is -0.497 e. The van der Waals surface area contributed by atoms with Gasteiger partial charge in [-0.25, -0.2) is 8.42 Å². The SMILES string of the molecule is COc1cccc(S(=O)(=O)CC(C(=O)O)C(F)(F)F)c1. The van der Waals surface area contributed by atoms with Gasteiger partial charge in [0.2, 0.25) is 0 Å². The van der Waals surface area contributed by atoms with Crippen molar-refractivity contribution in [2.75, 3.05) is 12.9 Å². The molecule has 0 bridgehead atoms. The maximum absolute atomic E-state index is 12.5. The molecule has 0 spiro atoms. The maximum Gasteiger partial charge on any atom is 0.403 e. The quantitative estimate of drug-likeness (QED) is 0.895. The standard InChI is InChI=1S/C11H11F3O5S/c1-19-7-3-2-4-8(5-7)20(17,18)6-9(10(15)16)11(12,13)14/h2-5,9H,6H2,1H3,(H,15,16). The first-order chi connectivity index (χ1) is 9.08. The molecule has 0 heterocycles. The lowest BCUT2D eigenvalue weighted by Crippen LogP contribution is -2.36. The number of carboxylic acid groups (broad SMARTS) is 1. The van der Waals surface area contributed by atoms with E-state index in [-0.39, 0.29) is 5.75 Å². The summed E-state index contributed by atoms with van der Waals surface area (Å²) in [5, 5.41) is 8.51. The van der Waals surface area contributed by atoms with Gasteiger partial charge in [0.1, 0.15) is 5.75 Å². The van der Waals surface area contributed by atoms with Crippen LogP contribution in [0, 0.1) is 5.92 Å². The highest BCUT2D eigenvalue weighted by atomic mass is 32.2. The molecule has 9 heteroatoms. The van der Waals surface area contributed by atoms with E-state index in [2.05, 4.69) is 0 Å². The van der Waals surface area contributed by atoms with Crippen LogP contribution in [0.4, 0.5) is 13.2 Å². The maximum atomic E-state index is 12.5. The van der Waals surface area contributed by atoms with Gasteiger partial charge in [0.25, 0.3) is 0 Å². The molecule has 0 amide bonds. The highest BCUT2D eigenvalue weighted by Gasteiger charge is 2.47. The number of hydrogen-bond acceptors (Lipinski definition) is 4.